The molecule has 0 unspecified atom stereocenters. The Kier molecular flexibility index (Phi) is 2.15. The van der Waals surface area contributed by atoms with Crippen LogP contribution < -0.4 is 5.56 Å². The van der Waals surface area contributed by atoms with Gasteiger partial charge in [0.05, 0.1) is 5.39 Å². The molecule has 2 heterocycles. The van der Waals surface area contributed by atoms with Crippen molar-refractivity contribution in [1.29, 1.82) is 0 Å². The number of fused-ring (bicyclic) bond motifs is 1. The van der Waals surface area contributed by atoms with Crippen LogP contribution in [0.4, 0.5) is 0 Å². The molecule has 0 amide bonds. The molecule has 0 spiro atoms. The summed E-state index contributed by atoms with van der Waals surface area (Å²) in [5.74, 6) is 1.03. The molecular formula is C10H12N2OS. The minimum atomic E-state index is -0.0250. The van der Waals surface area contributed by atoms with Crippen LogP contribution in [-0.4, -0.2) is 9.97 Å². The number of aryl methyl sites for hydroxylation is 1. The normalized spacial score (nSPS) is 11.4. The highest BCUT2D eigenvalue weighted by Crippen LogP contribution is 2.21. The maximum absolute atomic E-state index is 11.6. The maximum Gasteiger partial charge on any atom is 0.259 e. The van der Waals surface area contributed by atoms with Gasteiger partial charge in [-0.1, -0.05) is 13.8 Å². The van der Waals surface area contributed by atoms with Crippen LogP contribution in [0.25, 0.3) is 10.2 Å². The zero-order valence-corrected chi connectivity index (χ0v) is 9.23. The number of nitrogens with one attached hydrogen (secondary N) is 1. The Morgan fingerprint density at radius 2 is 2.21 bits per heavy atom. The van der Waals surface area contributed by atoms with Crippen LogP contribution in [0, 0.1) is 6.92 Å². The predicted molar refractivity (Wildman–Crippen MR) is 59.1 cm³/mol. The van der Waals surface area contributed by atoms with Crippen LogP contribution >= 0.6 is 11.3 Å². The lowest BCUT2D eigenvalue weighted by Crippen LogP contribution is -2.11. The summed E-state index contributed by atoms with van der Waals surface area (Å²) in [7, 11) is 0. The molecule has 0 bridgehead atoms. The number of hydrogen-bond acceptors (Lipinski definition) is 3. The summed E-state index contributed by atoms with van der Waals surface area (Å²) in [6, 6.07) is 1.88. The third-order valence-corrected chi connectivity index (χ3v) is 3.04. The Morgan fingerprint density at radius 3 is 2.86 bits per heavy atom. The predicted octanol–water partition coefficient (Wildman–Crippen LogP) is 2.42. The number of nitrogens with zero attached hydrogens (tertiary/aromatic N) is 1. The number of aromatic amines is 1. The van der Waals surface area contributed by atoms with Gasteiger partial charge in [-0.05, 0) is 13.0 Å². The molecule has 74 valence electrons. The van der Waals surface area contributed by atoms with Gasteiger partial charge in [-0.25, -0.2) is 4.98 Å². The molecule has 0 aliphatic rings. The molecule has 14 heavy (non-hydrogen) atoms. The number of H-pyrrole nitrogens is 1. The second-order valence-electron chi connectivity index (χ2n) is 3.68. The first-order chi connectivity index (χ1) is 6.58. The van der Waals surface area contributed by atoms with E-state index in [-0.39, 0.29) is 11.5 Å². The topological polar surface area (TPSA) is 45.8 Å². The van der Waals surface area contributed by atoms with E-state index in [2.05, 4.69) is 9.97 Å². The van der Waals surface area contributed by atoms with Crippen molar-refractivity contribution in [3.05, 3.63) is 27.1 Å². The Labute approximate surface area is 85.8 Å². The zero-order valence-electron chi connectivity index (χ0n) is 8.42. The van der Waals surface area contributed by atoms with Gasteiger partial charge in [0.25, 0.3) is 5.56 Å². The van der Waals surface area contributed by atoms with E-state index >= 15 is 0 Å². The van der Waals surface area contributed by atoms with Crippen molar-refractivity contribution in [2.75, 3.05) is 0 Å². The van der Waals surface area contributed by atoms with Crippen LogP contribution in [0.3, 0.4) is 0 Å². The highest BCUT2D eigenvalue weighted by molar-refractivity contribution is 7.18. The van der Waals surface area contributed by atoms with E-state index < -0.39 is 0 Å². The van der Waals surface area contributed by atoms with Crippen LogP contribution in [0.15, 0.2) is 10.9 Å². The van der Waals surface area contributed by atoms with Crippen molar-refractivity contribution < 1.29 is 0 Å². The average Bonchev–Trinajstić information content (AvgIpc) is 2.45. The van der Waals surface area contributed by atoms with Crippen molar-refractivity contribution >= 4 is 21.6 Å². The fraction of sp³-hybridized carbons (Fsp3) is 0.400. The van der Waals surface area contributed by atoms with E-state index in [1.807, 2.05) is 26.8 Å². The fourth-order valence-corrected chi connectivity index (χ4v) is 2.23. The summed E-state index contributed by atoms with van der Waals surface area (Å²) >= 11 is 1.57. The van der Waals surface area contributed by atoms with Crippen LogP contribution in [0.1, 0.15) is 30.5 Å². The minimum absolute atomic E-state index is 0.0250. The van der Waals surface area contributed by atoms with Gasteiger partial charge >= 0.3 is 0 Å². The third kappa shape index (κ3) is 1.46. The minimum Gasteiger partial charge on any atom is -0.310 e. The first-order valence-electron chi connectivity index (χ1n) is 4.58. The molecule has 0 fully saturated rings. The molecule has 0 radical (unpaired) electrons. The Hall–Kier alpha value is -1.16. The van der Waals surface area contributed by atoms with Gasteiger partial charge in [0.15, 0.2) is 0 Å². The first-order valence-corrected chi connectivity index (χ1v) is 5.40. The number of hydrogen-bond donors (Lipinski definition) is 1. The van der Waals surface area contributed by atoms with Gasteiger partial charge in [0, 0.05) is 10.8 Å². The number of rotatable bonds is 1. The molecule has 1 N–H and O–H groups in total. The second kappa shape index (κ2) is 3.20. The van der Waals surface area contributed by atoms with E-state index in [4.69, 9.17) is 0 Å². The standard InChI is InChI=1S/C10H12N2OS/c1-5(2)8-11-9(13)7-4-6(3)14-10(7)12-8/h4-5H,1-3H3,(H,11,12,13). The van der Waals surface area contributed by atoms with Gasteiger partial charge in [-0.15, -0.1) is 11.3 Å². The van der Waals surface area contributed by atoms with E-state index in [0.29, 0.717) is 5.39 Å². The lowest BCUT2D eigenvalue weighted by Gasteiger charge is -2.02. The molecule has 2 rings (SSSR count). The first kappa shape index (κ1) is 9.40. The Morgan fingerprint density at radius 1 is 1.50 bits per heavy atom. The molecular weight excluding hydrogens is 196 g/mol. The third-order valence-electron chi connectivity index (χ3n) is 2.09. The van der Waals surface area contributed by atoms with Crippen molar-refractivity contribution in [2.24, 2.45) is 0 Å². The van der Waals surface area contributed by atoms with E-state index in [0.717, 1.165) is 15.5 Å². The highest BCUT2D eigenvalue weighted by Gasteiger charge is 2.08. The monoisotopic (exact) mass is 208 g/mol. The molecule has 2 aromatic rings. The maximum atomic E-state index is 11.6. The van der Waals surface area contributed by atoms with Crippen molar-refractivity contribution in [1.82, 2.24) is 9.97 Å². The quantitative estimate of drug-likeness (QED) is 0.782. The molecule has 4 heteroatoms. The van der Waals surface area contributed by atoms with Crippen LogP contribution in [0.2, 0.25) is 0 Å². The van der Waals surface area contributed by atoms with Crippen LogP contribution in [-0.2, 0) is 0 Å². The number of aromatic nitrogens is 2. The lowest BCUT2D eigenvalue weighted by molar-refractivity contribution is 0.778. The molecule has 0 aliphatic heterocycles. The van der Waals surface area contributed by atoms with Gasteiger partial charge < -0.3 is 4.98 Å². The van der Waals surface area contributed by atoms with Crippen LogP contribution in [0.5, 0.6) is 0 Å². The highest BCUT2D eigenvalue weighted by atomic mass is 32.1. The van der Waals surface area contributed by atoms with E-state index in [1.165, 1.54) is 0 Å². The van der Waals surface area contributed by atoms with Gasteiger partial charge in [0.2, 0.25) is 0 Å². The fourth-order valence-electron chi connectivity index (χ4n) is 1.34. The Balaban J connectivity index is 2.78. The molecule has 0 atom stereocenters. The molecule has 2 aromatic heterocycles. The summed E-state index contributed by atoms with van der Waals surface area (Å²) in [6.45, 7) is 6.02. The second-order valence-corrected chi connectivity index (χ2v) is 4.92. The zero-order chi connectivity index (χ0) is 10.3. The molecule has 0 aromatic carbocycles. The smallest absolute Gasteiger partial charge is 0.259 e. The average molecular weight is 208 g/mol. The van der Waals surface area contributed by atoms with E-state index in [1.54, 1.807) is 11.3 Å². The van der Waals surface area contributed by atoms with Crippen molar-refractivity contribution in [3.63, 3.8) is 0 Å². The van der Waals surface area contributed by atoms with E-state index in [9.17, 15) is 4.79 Å². The molecule has 0 saturated carbocycles. The van der Waals surface area contributed by atoms with Gasteiger partial charge in [0.1, 0.15) is 10.7 Å². The molecule has 0 saturated heterocycles. The summed E-state index contributed by atoms with van der Waals surface area (Å²) in [6.07, 6.45) is 0. The molecule has 3 nitrogen and oxygen atoms in total. The van der Waals surface area contributed by atoms with Crippen molar-refractivity contribution in [3.8, 4) is 0 Å². The summed E-state index contributed by atoms with van der Waals surface area (Å²) in [5, 5.41) is 0.705. The van der Waals surface area contributed by atoms with Crippen molar-refractivity contribution in [2.45, 2.75) is 26.7 Å². The largest absolute Gasteiger partial charge is 0.310 e. The number of thiophene rings is 1. The summed E-state index contributed by atoms with van der Waals surface area (Å²) < 4.78 is 0. The Bertz CT molecular complexity index is 524. The molecule has 0 aliphatic carbocycles. The summed E-state index contributed by atoms with van der Waals surface area (Å²) in [5.41, 5.74) is -0.0250. The summed E-state index contributed by atoms with van der Waals surface area (Å²) in [4.78, 5) is 20.8. The SMILES string of the molecule is Cc1cc2c(=O)[nH]c(C(C)C)nc2s1. The van der Waals surface area contributed by atoms with Gasteiger partial charge in [-0.3, -0.25) is 4.79 Å². The van der Waals surface area contributed by atoms with Gasteiger partial charge in [-0.2, -0.15) is 0 Å². The lowest BCUT2D eigenvalue weighted by atomic mass is 10.2.